The Bertz CT molecular complexity index is 955. The molecule has 1 saturated heterocycles. The largest absolute Gasteiger partial charge is 0.361 e. The van der Waals surface area contributed by atoms with Gasteiger partial charge in [0, 0.05) is 31.9 Å². The van der Waals surface area contributed by atoms with E-state index in [0.29, 0.717) is 18.8 Å². The summed E-state index contributed by atoms with van der Waals surface area (Å²) in [5, 5.41) is 0. The van der Waals surface area contributed by atoms with Crippen LogP contribution in [0.5, 0.6) is 0 Å². The molecule has 0 N–H and O–H groups in total. The number of halogens is 1. The zero-order valence-electron chi connectivity index (χ0n) is 17.8. The molecule has 0 radical (unpaired) electrons. The van der Waals surface area contributed by atoms with Gasteiger partial charge in [-0.05, 0) is 42.8 Å². The van der Waals surface area contributed by atoms with Crippen LogP contribution < -0.4 is 9.80 Å². The maximum atomic E-state index is 15.4. The first-order valence-electron chi connectivity index (χ1n) is 10.7. The summed E-state index contributed by atoms with van der Waals surface area (Å²) in [5.74, 6) is -0.276. The lowest BCUT2D eigenvalue weighted by atomic mass is 10.1. The van der Waals surface area contributed by atoms with Crippen LogP contribution in [0.25, 0.3) is 0 Å². The second-order valence-corrected chi connectivity index (χ2v) is 8.04. The third-order valence-corrected chi connectivity index (χ3v) is 5.84. The molecular formula is C26H28FN3O. The maximum Gasteiger partial charge on any atom is 0.157 e. The zero-order chi connectivity index (χ0) is 21.6. The van der Waals surface area contributed by atoms with Crippen molar-refractivity contribution in [2.75, 3.05) is 29.9 Å². The summed E-state index contributed by atoms with van der Waals surface area (Å²) in [5.41, 5.74) is 3.55. The molecule has 0 aromatic heterocycles. The minimum absolute atomic E-state index is 0.276. The van der Waals surface area contributed by atoms with Crippen molar-refractivity contribution in [3.8, 4) is 0 Å². The first kappa shape index (κ1) is 21.1. The van der Waals surface area contributed by atoms with E-state index in [9.17, 15) is 4.79 Å². The summed E-state index contributed by atoms with van der Waals surface area (Å²) < 4.78 is 15.4. The smallest absolute Gasteiger partial charge is 0.157 e. The molecule has 1 atom stereocenters. The number of carbonyl (C=O) groups is 1. The highest BCUT2D eigenvalue weighted by atomic mass is 19.1. The number of hydrogen-bond acceptors (Lipinski definition) is 4. The topological polar surface area (TPSA) is 26.8 Å². The highest BCUT2D eigenvalue weighted by molar-refractivity contribution is 5.67. The fourth-order valence-corrected chi connectivity index (χ4v) is 4.22. The average molecular weight is 418 g/mol. The predicted octanol–water partition coefficient (Wildman–Crippen LogP) is 4.70. The van der Waals surface area contributed by atoms with Crippen molar-refractivity contribution < 1.29 is 9.18 Å². The van der Waals surface area contributed by atoms with E-state index >= 15 is 4.39 Å². The van der Waals surface area contributed by atoms with Gasteiger partial charge in [-0.2, -0.15) is 0 Å². The molecule has 1 unspecified atom stereocenters. The molecule has 5 heteroatoms. The van der Waals surface area contributed by atoms with Crippen molar-refractivity contribution >= 4 is 17.7 Å². The Balaban J connectivity index is 1.63. The van der Waals surface area contributed by atoms with Crippen molar-refractivity contribution in [1.29, 1.82) is 0 Å². The van der Waals surface area contributed by atoms with E-state index in [4.69, 9.17) is 0 Å². The zero-order valence-corrected chi connectivity index (χ0v) is 17.8. The highest BCUT2D eigenvalue weighted by Crippen LogP contribution is 2.30. The van der Waals surface area contributed by atoms with Gasteiger partial charge in [0.2, 0.25) is 0 Å². The van der Waals surface area contributed by atoms with Crippen LogP contribution in [0.15, 0.2) is 78.9 Å². The lowest BCUT2D eigenvalue weighted by Crippen LogP contribution is -2.53. The van der Waals surface area contributed by atoms with E-state index < -0.39 is 0 Å². The fourth-order valence-electron chi connectivity index (χ4n) is 4.22. The lowest BCUT2D eigenvalue weighted by Gasteiger charge is -2.40. The highest BCUT2D eigenvalue weighted by Gasteiger charge is 2.27. The standard InChI is InChI=1S/C26H28FN3O/c1-28-15-8-16-30(26(28)20-31)23-13-14-25(24(27)17-23)29(18-21-9-4-2-5-10-21)19-22-11-6-3-7-12-22/h2-7,9-14,17,20,26H,8,15-16,18-19H2,1H3. The van der Waals surface area contributed by atoms with E-state index in [0.717, 1.165) is 42.6 Å². The molecule has 1 aliphatic rings. The normalized spacial score (nSPS) is 16.8. The van der Waals surface area contributed by atoms with Crippen LogP contribution in [0, 0.1) is 5.82 Å². The van der Waals surface area contributed by atoms with E-state index in [-0.39, 0.29) is 12.0 Å². The van der Waals surface area contributed by atoms with Crippen molar-refractivity contribution in [2.45, 2.75) is 25.7 Å². The van der Waals surface area contributed by atoms with Gasteiger partial charge in [0.05, 0.1) is 5.69 Å². The predicted molar refractivity (Wildman–Crippen MR) is 124 cm³/mol. The second kappa shape index (κ2) is 9.75. The van der Waals surface area contributed by atoms with E-state index in [2.05, 4.69) is 29.2 Å². The number of aldehydes is 1. The summed E-state index contributed by atoms with van der Waals surface area (Å²) in [6, 6.07) is 25.5. The Morgan fingerprint density at radius 3 is 2.10 bits per heavy atom. The number of hydrogen-bond donors (Lipinski definition) is 0. The van der Waals surface area contributed by atoms with Gasteiger partial charge < -0.3 is 9.80 Å². The molecule has 31 heavy (non-hydrogen) atoms. The van der Waals surface area contributed by atoms with Gasteiger partial charge in [-0.15, -0.1) is 0 Å². The van der Waals surface area contributed by atoms with Crippen LogP contribution in [-0.2, 0) is 17.9 Å². The van der Waals surface area contributed by atoms with Crippen LogP contribution in [-0.4, -0.2) is 37.5 Å². The van der Waals surface area contributed by atoms with Gasteiger partial charge in [-0.3, -0.25) is 9.69 Å². The molecular weight excluding hydrogens is 389 g/mol. The summed E-state index contributed by atoms with van der Waals surface area (Å²) in [6.45, 7) is 2.82. The monoisotopic (exact) mass is 417 g/mol. The molecule has 3 aromatic rings. The fraction of sp³-hybridized carbons (Fsp3) is 0.269. The van der Waals surface area contributed by atoms with Crippen molar-refractivity contribution in [2.24, 2.45) is 0 Å². The molecule has 4 nitrogen and oxygen atoms in total. The van der Waals surface area contributed by atoms with Crippen molar-refractivity contribution in [3.05, 3.63) is 95.8 Å². The van der Waals surface area contributed by atoms with Gasteiger partial charge in [-0.25, -0.2) is 4.39 Å². The van der Waals surface area contributed by atoms with Gasteiger partial charge in [0.1, 0.15) is 12.0 Å². The van der Waals surface area contributed by atoms with E-state index in [1.54, 1.807) is 6.07 Å². The summed E-state index contributed by atoms with van der Waals surface area (Å²) >= 11 is 0. The second-order valence-electron chi connectivity index (χ2n) is 8.04. The molecule has 4 rings (SSSR count). The van der Waals surface area contributed by atoms with Gasteiger partial charge >= 0.3 is 0 Å². The number of carbonyl (C=O) groups excluding carboxylic acids is 1. The van der Waals surface area contributed by atoms with Crippen LogP contribution in [0.4, 0.5) is 15.8 Å². The SMILES string of the molecule is CN1CCCN(c2ccc(N(Cc3ccccc3)Cc3ccccc3)c(F)c2)C1C=O. The molecule has 0 saturated carbocycles. The van der Waals surface area contributed by atoms with Gasteiger partial charge in [0.25, 0.3) is 0 Å². The van der Waals surface area contributed by atoms with Crippen LogP contribution in [0.3, 0.4) is 0 Å². The summed E-state index contributed by atoms with van der Waals surface area (Å²) in [7, 11) is 1.93. The molecule has 0 spiro atoms. The number of benzene rings is 3. The summed E-state index contributed by atoms with van der Waals surface area (Å²) in [4.78, 5) is 17.7. The Hall–Kier alpha value is -3.18. The Labute approximate surface area is 183 Å². The van der Waals surface area contributed by atoms with Crippen molar-refractivity contribution in [3.63, 3.8) is 0 Å². The molecule has 0 bridgehead atoms. The third-order valence-electron chi connectivity index (χ3n) is 5.84. The van der Waals surface area contributed by atoms with Gasteiger partial charge in [0.15, 0.2) is 6.29 Å². The average Bonchev–Trinajstić information content (AvgIpc) is 2.80. The minimum Gasteiger partial charge on any atom is -0.361 e. The Morgan fingerprint density at radius 2 is 1.55 bits per heavy atom. The van der Waals surface area contributed by atoms with E-state index in [1.807, 2.05) is 65.4 Å². The first-order chi connectivity index (χ1) is 15.2. The minimum atomic E-state index is -0.358. The molecule has 1 heterocycles. The third kappa shape index (κ3) is 4.94. The summed E-state index contributed by atoms with van der Waals surface area (Å²) in [6.07, 6.45) is 1.52. The molecule has 1 fully saturated rings. The van der Waals surface area contributed by atoms with Crippen molar-refractivity contribution in [1.82, 2.24) is 4.90 Å². The number of rotatable bonds is 7. The molecule has 160 valence electrons. The number of anilines is 2. The number of nitrogens with zero attached hydrogens (tertiary/aromatic N) is 3. The van der Waals surface area contributed by atoms with Crippen LogP contribution in [0.1, 0.15) is 17.5 Å². The van der Waals surface area contributed by atoms with Gasteiger partial charge in [-0.1, -0.05) is 60.7 Å². The molecule has 0 amide bonds. The van der Waals surface area contributed by atoms with E-state index in [1.165, 1.54) is 0 Å². The first-order valence-corrected chi connectivity index (χ1v) is 10.7. The quantitative estimate of drug-likeness (QED) is 0.521. The Kier molecular flexibility index (Phi) is 6.63. The van der Waals surface area contributed by atoms with Crippen LogP contribution in [0.2, 0.25) is 0 Å². The number of likely N-dealkylation sites (N-methyl/N-ethyl adjacent to an activating group) is 1. The maximum absolute atomic E-state index is 15.4. The van der Waals surface area contributed by atoms with Crippen LogP contribution >= 0.6 is 0 Å². The lowest BCUT2D eigenvalue weighted by molar-refractivity contribution is -0.112. The molecule has 3 aromatic carbocycles. The molecule has 0 aliphatic carbocycles. The Morgan fingerprint density at radius 1 is 0.935 bits per heavy atom. The molecule has 1 aliphatic heterocycles.